The van der Waals surface area contributed by atoms with E-state index >= 15 is 0 Å². The van der Waals surface area contributed by atoms with Crippen LogP contribution < -0.4 is 20.3 Å². The van der Waals surface area contributed by atoms with Crippen LogP contribution in [0.15, 0.2) is 35.5 Å². The van der Waals surface area contributed by atoms with Gasteiger partial charge < -0.3 is 14.9 Å². The molecule has 0 radical (unpaired) electrons. The predicted octanol–water partition coefficient (Wildman–Crippen LogP) is 2.15. The predicted molar refractivity (Wildman–Crippen MR) is 76.3 cm³/mol. The topological polar surface area (TPSA) is 59.6 Å². The molecule has 1 amide bonds. The van der Waals surface area contributed by atoms with Crippen molar-refractivity contribution >= 4 is 5.91 Å². The van der Waals surface area contributed by atoms with Crippen molar-refractivity contribution in [2.24, 2.45) is 0 Å². The van der Waals surface area contributed by atoms with E-state index in [1.165, 1.54) is 0 Å². The quantitative estimate of drug-likeness (QED) is 0.827. The van der Waals surface area contributed by atoms with Gasteiger partial charge in [-0.05, 0) is 32.4 Å². The molecule has 0 spiro atoms. The van der Waals surface area contributed by atoms with E-state index in [0.29, 0.717) is 11.5 Å². The molecule has 0 fully saturated rings. The van der Waals surface area contributed by atoms with Crippen molar-refractivity contribution in [3.63, 3.8) is 0 Å². The summed E-state index contributed by atoms with van der Waals surface area (Å²) in [7, 11) is 0. The lowest BCUT2D eigenvalue weighted by atomic mass is 10.2. The molecule has 5 nitrogen and oxygen atoms in total. The van der Waals surface area contributed by atoms with Gasteiger partial charge in [0.25, 0.3) is 5.91 Å². The van der Waals surface area contributed by atoms with Crippen molar-refractivity contribution in [1.82, 2.24) is 10.9 Å². The van der Waals surface area contributed by atoms with Gasteiger partial charge in [-0.15, -0.1) is 0 Å². The molecular formula is C15H20N2O3. The number of hydrogen-bond acceptors (Lipinski definition) is 4. The Morgan fingerprint density at radius 1 is 1.25 bits per heavy atom. The molecule has 1 aliphatic heterocycles. The minimum Gasteiger partial charge on any atom is -0.485 e. The molecule has 5 heteroatoms. The molecule has 1 heterocycles. The molecule has 0 unspecified atom stereocenters. The number of carbonyl (C=O) groups is 1. The van der Waals surface area contributed by atoms with Crippen LogP contribution in [0.5, 0.6) is 11.5 Å². The van der Waals surface area contributed by atoms with Crippen LogP contribution in [0.1, 0.15) is 27.2 Å². The lowest BCUT2D eigenvalue weighted by Crippen LogP contribution is -2.48. The third kappa shape index (κ3) is 3.23. The maximum atomic E-state index is 12.0. The SMILES string of the molecule is CCC(NNC(=O)[C@H]1COc2ccccc2O1)=C(C)C. The molecule has 0 saturated heterocycles. The Kier molecular flexibility index (Phi) is 4.50. The molecular weight excluding hydrogens is 256 g/mol. The van der Waals surface area contributed by atoms with Crippen molar-refractivity contribution in [2.75, 3.05) is 6.61 Å². The molecule has 0 aromatic heterocycles. The number of fused-ring (bicyclic) bond motifs is 1. The first-order valence-electron chi connectivity index (χ1n) is 6.72. The average Bonchev–Trinajstić information content (AvgIpc) is 2.46. The van der Waals surface area contributed by atoms with Crippen LogP contribution in [0, 0.1) is 0 Å². The molecule has 0 bridgehead atoms. The summed E-state index contributed by atoms with van der Waals surface area (Å²) >= 11 is 0. The fraction of sp³-hybridized carbons (Fsp3) is 0.400. The summed E-state index contributed by atoms with van der Waals surface area (Å²) < 4.78 is 11.1. The van der Waals surface area contributed by atoms with Gasteiger partial charge in [-0.3, -0.25) is 10.2 Å². The molecule has 2 N–H and O–H groups in total. The summed E-state index contributed by atoms with van der Waals surface area (Å²) in [5, 5.41) is 0. The summed E-state index contributed by atoms with van der Waals surface area (Å²) in [6.07, 6.45) is 0.181. The van der Waals surface area contributed by atoms with Gasteiger partial charge in [0.15, 0.2) is 11.5 Å². The number of allylic oxidation sites excluding steroid dienone is 2. The van der Waals surface area contributed by atoms with Gasteiger partial charge in [-0.25, -0.2) is 0 Å². The van der Waals surface area contributed by atoms with Crippen LogP contribution in [0.3, 0.4) is 0 Å². The lowest BCUT2D eigenvalue weighted by molar-refractivity contribution is -0.131. The summed E-state index contributed by atoms with van der Waals surface area (Å²) in [6, 6.07) is 7.32. The minimum atomic E-state index is -0.646. The highest BCUT2D eigenvalue weighted by Crippen LogP contribution is 2.30. The second-order valence-corrected chi connectivity index (χ2v) is 4.81. The number of amides is 1. The second kappa shape index (κ2) is 6.32. The third-order valence-corrected chi connectivity index (χ3v) is 3.09. The number of benzene rings is 1. The van der Waals surface area contributed by atoms with E-state index in [1.807, 2.05) is 39.0 Å². The Hall–Kier alpha value is -2.17. The highest BCUT2D eigenvalue weighted by Gasteiger charge is 2.27. The van der Waals surface area contributed by atoms with Crippen LogP contribution >= 0.6 is 0 Å². The van der Waals surface area contributed by atoms with Crippen LogP contribution in [-0.4, -0.2) is 18.6 Å². The molecule has 1 aliphatic rings. The van der Waals surface area contributed by atoms with Crippen LogP contribution in [0.4, 0.5) is 0 Å². The van der Waals surface area contributed by atoms with Gasteiger partial charge in [0, 0.05) is 5.70 Å². The number of rotatable bonds is 4. The molecule has 1 aromatic rings. The molecule has 2 rings (SSSR count). The highest BCUT2D eigenvalue weighted by atomic mass is 16.6. The van der Waals surface area contributed by atoms with E-state index in [4.69, 9.17) is 9.47 Å². The Balaban J connectivity index is 1.94. The lowest BCUT2D eigenvalue weighted by Gasteiger charge is -2.26. The van der Waals surface area contributed by atoms with Crippen LogP contribution in [-0.2, 0) is 4.79 Å². The van der Waals surface area contributed by atoms with E-state index in [1.54, 1.807) is 6.07 Å². The first-order chi connectivity index (χ1) is 9.61. The molecule has 0 saturated carbocycles. The van der Waals surface area contributed by atoms with E-state index < -0.39 is 6.10 Å². The number of ether oxygens (including phenoxy) is 2. The highest BCUT2D eigenvalue weighted by molar-refractivity contribution is 5.81. The Morgan fingerprint density at radius 2 is 1.95 bits per heavy atom. The van der Waals surface area contributed by atoms with Crippen LogP contribution in [0.2, 0.25) is 0 Å². The standard InChI is InChI=1S/C15H20N2O3/c1-4-11(10(2)3)16-17-15(18)14-9-19-12-7-5-6-8-13(12)20-14/h5-8,14,16H,4,9H2,1-3H3,(H,17,18)/t14-/m1/s1. The minimum absolute atomic E-state index is 0.209. The number of hydrazine groups is 1. The average molecular weight is 276 g/mol. The number of carbonyl (C=O) groups excluding carboxylic acids is 1. The largest absolute Gasteiger partial charge is 0.485 e. The van der Waals surface area contributed by atoms with Crippen molar-refractivity contribution < 1.29 is 14.3 Å². The first kappa shape index (κ1) is 14.2. The molecule has 1 aromatic carbocycles. The van der Waals surface area contributed by atoms with Crippen molar-refractivity contribution in [3.8, 4) is 11.5 Å². The summed E-state index contributed by atoms with van der Waals surface area (Å²) in [4.78, 5) is 12.0. The zero-order valence-corrected chi connectivity index (χ0v) is 12.0. The van der Waals surface area contributed by atoms with E-state index in [2.05, 4.69) is 10.9 Å². The van der Waals surface area contributed by atoms with Crippen molar-refractivity contribution in [3.05, 3.63) is 35.5 Å². The monoisotopic (exact) mass is 276 g/mol. The normalized spacial score (nSPS) is 16.2. The Morgan fingerprint density at radius 3 is 2.60 bits per heavy atom. The first-order valence-corrected chi connectivity index (χ1v) is 6.72. The van der Waals surface area contributed by atoms with Crippen molar-refractivity contribution in [1.29, 1.82) is 0 Å². The molecule has 1 atom stereocenters. The zero-order valence-electron chi connectivity index (χ0n) is 12.0. The Bertz CT molecular complexity index is 522. The molecule has 20 heavy (non-hydrogen) atoms. The fourth-order valence-electron chi connectivity index (χ4n) is 1.93. The number of hydrogen-bond donors (Lipinski definition) is 2. The van der Waals surface area contributed by atoms with Crippen LogP contribution in [0.25, 0.3) is 0 Å². The fourth-order valence-corrected chi connectivity index (χ4v) is 1.93. The number of nitrogens with one attached hydrogen (secondary N) is 2. The van der Waals surface area contributed by atoms with E-state index in [9.17, 15) is 4.79 Å². The number of para-hydroxylation sites is 2. The second-order valence-electron chi connectivity index (χ2n) is 4.81. The van der Waals surface area contributed by atoms with Gasteiger partial charge in [-0.2, -0.15) is 0 Å². The maximum Gasteiger partial charge on any atom is 0.282 e. The van der Waals surface area contributed by atoms with E-state index in [0.717, 1.165) is 17.7 Å². The van der Waals surface area contributed by atoms with Gasteiger partial charge in [0.05, 0.1) is 0 Å². The van der Waals surface area contributed by atoms with Gasteiger partial charge in [-0.1, -0.05) is 24.6 Å². The zero-order chi connectivity index (χ0) is 14.5. The molecule has 108 valence electrons. The molecule has 0 aliphatic carbocycles. The summed E-state index contributed by atoms with van der Waals surface area (Å²) in [6.45, 7) is 6.22. The maximum absolute atomic E-state index is 12.0. The van der Waals surface area contributed by atoms with Gasteiger partial charge in [0.1, 0.15) is 6.61 Å². The summed E-state index contributed by atoms with van der Waals surface area (Å²) in [5.74, 6) is 1.02. The van der Waals surface area contributed by atoms with Crippen molar-refractivity contribution in [2.45, 2.75) is 33.3 Å². The van der Waals surface area contributed by atoms with Gasteiger partial charge in [0.2, 0.25) is 6.10 Å². The smallest absolute Gasteiger partial charge is 0.282 e. The third-order valence-electron chi connectivity index (χ3n) is 3.09. The Labute approximate surface area is 118 Å². The van der Waals surface area contributed by atoms with Gasteiger partial charge >= 0.3 is 0 Å². The van der Waals surface area contributed by atoms with E-state index in [-0.39, 0.29) is 12.5 Å². The summed E-state index contributed by atoms with van der Waals surface area (Å²) in [5.41, 5.74) is 7.73.